The first kappa shape index (κ1) is 20.9. The van der Waals surface area contributed by atoms with Crippen LogP contribution < -0.4 is 25.5 Å². The van der Waals surface area contributed by atoms with Gasteiger partial charge in [0.15, 0.2) is 17.2 Å². The molecule has 34 heavy (non-hydrogen) atoms. The lowest BCUT2D eigenvalue weighted by atomic mass is 10.1. The monoisotopic (exact) mass is 461 g/mol. The van der Waals surface area contributed by atoms with Gasteiger partial charge < -0.3 is 20.1 Å². The van der Waals surface area contributed by atoms with Crippen molar-refractivity contribution < 1.29 is 18.9 Å². The highest BCUT2D eigenvalue weighted by Gasteiger charge is 2.26. The lowest BCUT2D eigenvalue weighted by Crippen LogP contribution is -2.19. The van der Waals surface area contributed by atoms with Gasteiger partial charge in [0, 0.05) is 25.3 Å². The van der Waals surface area contributed by atoms with Gasteiger partial charge in [-0.1, -0.05) is 17.3 Å². The van der Waals surface area contributed by atoms with Crippen molar-refractivity contribution in [1.29, 1.82) is 0 Å². The highest BCUT2D eigenvalue weighted by molar-refractivity contribution is 5.99. The van der Waals surface area contributed by atoms with E-state index in [9.17, 15) is 4.79 Å². The number of amides is 1. The summed E-state index contributed by atoms with van der Waals surface area (Å²) in [5.41, 5.74) is 11.0. The van der Waals surface area contributed by atoms with Crippen molar-refractivity contribution in [3.8, 4) is 28.6 Å². The van der Waals surface area contributed by atoms with E-state index in [4.69, 9.17) is 15.2 Å². The van der Waals surface area contributed by atoms with Gasteiger partial charge in [-0.2, -0.15) is 9.78 Å². The lowest BCUT2D eigenvalue weighted by molar-refractivity contribution is 0.0950. The molecule has 0 atom stereocenters. The third kappa shape index (κ3) is 3.85. The van der Waals surface area contributed by atoms with Crippen LogP contribution in [0, 0.1) is 0 Å². The Morgan fingerprint density at radius 3 is 2.68 bits per heavy atom. The molecule has 0 fully saturated rings. The van der Waals surface area contributed by atoms with Gasteiger partial charge in [0.1, 0.15) is 5.69 Å². The van der Waals surface area contributed by atoms with E-state index in [0.29, 0.717) is 22.8 Å². The van der Waals surface area contributed by atoms with Gasteiger partial charge in [-0.15, -0.1) is 5.10 Å². The van der Waals surface area contributed by atoms with E-state index in [-0.39, 0.29) is 24.1 Å². The minimum atomic E-state index is -0.588. The van der Waals surface area contributed by atoms with Crippen LogP contribution in [0.1, 0.15) is 16.1 Å². The number of carbonyl (C=O) groups is 1. The molecule has 172 valence electrons. The average molecular weight is 461 g/mol. The number of anilines is 2. The second kappa shape index (κ2) is 8.54. The van der Waals surface area contributed by atoms with Crippen LogP contribution in [0.5, 0.6) is 11.5 Å². The molecule has 13 nitrogen and oxygen atoms in total. The van der Waals surface area contributed by atoms with E-state index in [1.807, 2.05) is 43.3 Å². The average Bonchev–Trinajstić information content (AvgIpc) is 3.57. The predicted octanol–water partition coefficient (Wildman–Crippen LogP) is 1.46. The number of nitrogen functional groups attached to an aromatic ring is 1. The maximum absolute atomic E-state index is 13.0. The number of carbonyl (C=O) groups excluding carboxylic acids is 1. The van der Waals surface area contributed by atoms with Gasteiger partial charge in [0.2, 0.25) is 18.4 Å². The second-order valence-electron chi connectivity index (χ2n) is 7.42. The summed E-state index contributed by atoms with van der Waals surface area (Å²) in [6.45, 7) is 0.105. The Kier molecular flexibility index (Phi) is 5.26. The fourth-order valence-corrected chi connectivity index (χ4v) is 3.30. The number of nitrogens with zero attached hydrogens (tertiary/aromatic N) is 7. The van der Waals surface area contributed by atoms with Crippen LogP contribution in [0.25, 0.3) is 17.1 Å². The Morgan fingerprint density at radius 1 is 1.15 bits per heavy atom. The third-order valence-electron chi connectivity index (χ3n) is 5.02. The zero-order valence-electron chi connectivity index (χ0n) is 18.2. The summed E-state index contributed by atoms with van der Waals surface area (Å²) in [5, 5.41) is 19.4. The topological polar surface area (TPSA) is 159 Å². The fraction of sp³-hybridized carbons (Fsp3) is 0.143. The number of ether oxygens (including phenoxy) is 2. The molecule has 1 amide bonds. The number of fused-ring (bicyclic) bond motifs is 1. The van der Waals surface area contributed by atoms with E-state index in [1.54, 1.807) is 18.2 Å². The minimum absolute atomic E-state index is 0.0126. The normalized spacial score (nSPS) is 12.3. The summed E-state index contributed by atoms with van der Waals surface area (Å²) in [5.74, 6) is 0.583. The summed E-state index contributed by atoms with van der Waals surface area (Å²) in [4.78, 5) is 15.0. The molecule has 0 unspecified atom stereocenters. The standard InChI is InChI=1S/C21H19N9O4/c1-29(2)14-6-3-12(4-7-14)10-23-25-21(31)17-18(13-5-8-15-16(9-13)33-11-32-15)30(28-24-17)20-19(22)26-34-27-20/h3-10H,11H2,1-2H3,(H2,22,26)(H,25,31)/b23-10-. The van der Waals surface area contributed by atoms with Gasteiger partial charge in [-0.05, 0) is 46.2 Å². The maximum Gasteiger partial charge on any atom is 0.294 e. The smallest absolute Gasteiger partial charge is 0.294 e. The Bertz CT molecular complexity index is 1380. The van der Waals surface area contributed by atoms with Gasteiger partial charge in [0.05, 0.1) is 6.21 Å². The SMILES string of the molecule is CN(C)c1ccc(/C=N\NC(=O)c2nnn(-c3nonc3N)c2-c2ccc3c(c2)OCO3)cc1. The summed E-state index contributed by atoms with van der Waals surface area (Å²) in [6.07, 6.45) is 1.53. The molecule has 0 radical (unpaired) electrons. The highest BCUT2D eigenvalue weighted by Crippen LogP contribution is 2.37. The number of benzene rings is 2. The second-order valence-corrected chi connectivity index (χ2v) is 7.42. The van der Waals surface area contributed by atoms with E-state index in [0.717, 1.165) is 11.3 Å². The van der Waals surface area contributed by atoms with Crippen LogP contribution in [0.15, 0.2) is 52.2 Å². The largest absolute Gasteiger partial charge is 0.454 e. The quantitative estimate of drug-likeness (QED) is 0.318. The zero-order chi connectivity index (χ0) is 23.7. The van der Waals surface area contributed by atoms with Crippen molar-refractivity contribution >= 4 is 23.6 Å². The Morgan fingerprint density at radius 2 is 1.94 bits per heavy atom. The summed E-state index contributed by atoms with van der Waals surface area (Å²) in [6, 6.07) is 12.8. The van der Waals surface area contributed by atoms with Crippen molar-refractivity contribution in [3.05, 3.63) is 53.7 Å². The van der Waals surface area contributed by atoms with Crippen molar-refractivity contribution in [2.45, 2.75) is 0 Å². The molecule has 1 aliphatic heterocycles. The molecule has 13 heteroatoms. The Labute approximate surface area is 192 Å². The molecule has 0 spiro atoms. The molecule has 4 aromatic rings. The number of aromatic nitrogens is 5. The molecule has 3 heterocycles. The molecule has 0 saturated heterocycles. The van der Waals surface area contributed by atoms with Gasteiger partial charge in [-0.3, -0.25) is 4.79 Å². The van der Waals surface area contributed by atoms with E-state index in [1.165, 1.54) is 10.9 Å². The molecular weight excluding hydrogens is 442 g/mol. The highest BCUT2D eigenvalue weighted by atomic mass is 16.7. The van der Waals surface area contributed by atoms with Gasteiger partial charge in [-0.25, -0.2) is 10.1 Å². The fourth-order valence-electron chi connectivity index (χ4n) is 3.30. The van der Waals surface area contributed by atoms with E-state index >= 15 is 0 Å². The number of rotatable bonds is 6. The van der Waals surface area contributed by atoms with Crippen LogP contribution in [-0.4, -0.2) is 58.3 Å². The van der Waals surface area contributed by atoms with Crippen LogP contribution in [0.2, 0.25) is 0 Å². The Balaban J connectivity index is 1.46. The first-order chi connectivity index (χ1) is 16.5. The van der Waals surface area contributed by atoms with Gasteiger partial charge in [0.25, 0.3) is 5.91 Å². The predicted molar refractivity (Wildman–Crippen MR) is 121 cm³/mol. The minimum Gasteiger partial charge on any atom is -0.454 e. The van der Waals surface area contributed by atoms with Crippen molar-refractivity contribution in [1.82, 2.24) is 30.7 Å². The van der Waals surface area contributed by atoms with Crippen LogP contribution in [0.4, 0.5) is 11.5 Å². The zero-order valence-corrected chi connectivity index (χ0v) is 18.2. The third-order valence-corrected chi connectivity index (χ3v) is 5.02. The van der Waals surface area contributed by atoms with Crippen LogP contribution in [-0.2, 0) is 0 Å². The number of hydrogen-bond donors (Lipinski definition) is 2. The molecule has 0 saturated carbocycles. The molecule has 3 N–H and O–H groups in total. The van der Waals surface area contributed by atoms with Crippen LogP contribution >= 0.6 is 0 Å². The first-order valence-corrected chi connectivity index (χ1v) is 10.1. The molecule has 0 bridgehead atoms. The molecule has 1 aliphatic rings. The Hall–Kier alpha value is -4.94. The first-order valence-electron chi connectivity index (χ1n) is 10.1. The molecule has 2 aromatic heterocycles. The lowest BCUT2D eigenvalue weighted by Gasteiger charge is -2.11. The van der Waals surface area contributed by atoms with Crippen LogP contribution in [0.3, 0.4) is 0 Å². The summed E-state index contributed by atoms with van der Waals surface area (Å²) < 4.78 is 16.8. The molecule has 5 rings (SSSR count). The van der Waals surface area contributed by atoms with Crippen molar-refractivity contribution in [3.63, 3.8) is 0 Å². The summed E-state index contributed by atoms with van der Waals surface area (Å²) in [7, 11) is 3.91. The number of nitrogens with two attached hydrogens (primary N) is 1. The number of hydrazone groups is 1. The maximum atomic E-state index is 13.0. The van der Waals surface area contributed by atoms with E-state index in [2.05, 4.69) is 35.8 Å². The van der Waals surface area contributed by atoms with Crippen molar-refractivity contribution in [2.75, 3.05) is 31.5 Å². The molecular formula is C21H19N9O4. The van der Waals surface area contributed by atoms with Gasteiger partial charge >= 0.3 is 0 Å². The van der Waals surface area contributed by atoms with Crippen molar-refractivity contribution in [2.24, 2.45) is 5.10 Å². The number of hydrogen-bond acceptors (Lipinski definition) is 11. The molecule has 0 aliphatic carbocycles. The number of nitrogens with one attached hydrogen (secondary N) is 1. The molecule has 2 aromatic carbocycles. The summed E-state index contributed by atoms with van der Waals surface area (Å²) >= 11 is 0. The van der Waals surface area contributed by atoms with E-state index < -0.39 is 5.91 Å².